The number of pyridine rings is 1. The minimum absolute atomic E-state index is 0.429. The second-order valence-electron chi connectivity index (χ2n) is 4.00. The van der Waals surface area contributed by atoms with E-state index in [1.165, 1.54) is 0 Å². The molecule has 0 saturated carbocycles. The van der Waals surface area contributed by atoms with E-state index in [9.17, 15) is 5.11 Å². The van der Waals surface area contributed by atoms with Crippen molar-refractivity contribution in [2.24, 2.45) is 0 Å². The molecule has 0 saturated heterocycles. The zero-order valence-corrected chi connectivity index (χ0v) is 10.2. The molecule has 0 amide bonds. The van der Waals surface area contributed by atoms with Crippen LogP contribution in [0.2, 0.25) is 0 Å². The Bertz CT molecular complexity index is 514. The first-order chi connectivity index (χ1) is 8.72. The van der Waals surface area contributed by atoms with Gasteiger partial charge < -0.3 is 15.6 Å². The highest BCUT2D eigenvalue weighted by molar-refractivity contribution is 5.59. The number of aliphatic hydroxyl groups is 1. The van der Waals surface area contributed by atoms with Crippen LogP contribution in [0.15, 0.2) is 42.6 Å². The van der Waals surface area contributed by atoms with Gasteiger partial charge in [-0.2, -0.15) is 0 Å². The Labute approximate surface area is 106 Å². The number of para-hydroxylation sites is 1. The summed E-state index contributed by atoms with van der Waals surface area (Å²) in [7, 11) is 1.56. The van der Waals surface area contributed by atoms with Crippen LogP contribution < -0.4 is 10.5 Å². The third kappa shape index (κ3) is 2.60. The summed E-state index contributed by atoms with van der Waals surface area (Å²) in [4.78, 5) is 4.18. The van der Waals surface area contributed by atoms with Gasteiger partial charge in [-0.15, -0.1) is 0 Å². The van der Waals surface area contributed by atoms with Crippen molar-refractivity contribution in [3.63, 3.8) is 0 Å². The van der Waals surface area contributed by atoms with Gasteiger partial charge in [-0.05, 0) is 18.2 Å². The summed E-state index contributed by atoms with van der Waals surface area (Å²) >= 11 is 0. The summed E-state index contributed by atoms with van der Waals surface area (Å²) in [6, 6.07) is 11.0. The molecule has 2 aromatic rings. The first kappa shape index (κ1) is 12.4. The normalized spacial score (nSPS) is 12.1. The highest BCUT2D eigenvalue weighted by Gasteiger charge is 2.14. The molecule has 94 valence electrons. The second-order valence-corrected chi connectivity index (χ2v) is 4.00. The molecule has 4 nitrogen and oxygen atoms in total. The number of methoxy groups -OCH3 is 1. The Morgan fingerprint density at radius 1 is 1.28 bits per heavy atom. The molecule has 1 aromatic carbocycles. The third-order valence-corrected chi connectivity index (χ3v) is 2.81. The second kappa shape index (κ2) is 5.51. The lowest BCUT2D eigenvalue weighted by atomic mass is 10.0. The van der Waals surface area contributed by atoms with E-state index in [-0.39, 0.29) is 0 Å². The zero-order chi connectivity index (χ0) is 13.0. The van der Waals surface area contributed by atoms with Gasteiger partial charge in [0.15, 0.2) is 0 Å². The molecule has 18 heavy (non-hydrogen) atoms. The smallest absolute Gasteiger partial charge is 0.142 e. The van der Waals surface area contributed by atoms with E-state index < -0.39 is 6.10 Å². The number of hydrogen-bond acceptors (Lipinski definition) is 4. The predicted octanol–water partition coefficient (Wildman–Crippen LogP) is 1.95. The number of nitrogens with two attached hydrogens (primary N) is 1. The molecular weight excluding hydrogens is 228 g/mol. The lowest BCUT2D eigenvalue weighted by Crippen LogP contribution is -2.07. The molecule has 0 radical (unpaired) electrons. The molecule has 1 atom stereocenters. The number of ether oxygens (including phenoxy) is 1. The first-order valence-corrected chi connectivity index (χ1v) is 5.72. The van der Waals surface area contributed by atoms with Crippen LogP contribution in [-0.2, 0) is 6.42 Å². The third-order valence-electron chi connectivity index (χ3n) is 2.81. The molecule has 1 heterocycles. The number of aromatic nitrogens is 1. The van der Waals surface area contributed by atoms with Crippen LogP contribution in [-0.4, -0.2) is 17.2 Å². The van der Waals surface area contributed by atoms with Crippen molar-refractivity contribution in [1.29, 1.82) is 0 Å². The van der Waals surface area contributed by atoms with Gasteiger partial charge in [-0.1, -0.05) is 18.2 Å². The molecule has 0 aliphatic heterocycles. The quantitative estimate of drug-likeness (QED) is 0.807. The first-order valence-electron chi connectivity index (χ1n) is 5.72. The monoisotopic (exact) mass is 244 g/mol. The van der Waals surface area contributed by atoms with Crippen molar-refractivity contribution in [3.8, 4) is 5.75 Å². The number of rotatable bonds is 4. The highest BCUT2D eigenvalue weighted by Crippen LogP contribution is 2.30. The summed E-state index contributed by atoms with van der Waals surface area (Å²) < 4.78 is 5.13. The van der Waals surface area contributed by atoms with Crippen LogP contribution in [0.25, 0.3) is 0 Å². The van der Waals surface area contributed by atoms with Crippen molar-refractivity contribution < 1.29 is 9.84 Å². The van der Waals surface area contributed by atoms with Crippen LogP contribution in [0.4, 0.5) is 5.69 Å². The van der Waals surface area contributed by atoms with Gasteiger partial charge in [-0.25, -0.2) is 0 Å². The van der Waals surface area contributed by atoms with Crippen LogP contribution in [0, 0.1) is 0 Å². The topological polar surface area (TPSA) is 68.4 Å². The molecule has 1 aromatic heterocycles. The van der Waals surface area contributed by atoms with E-state index in [1.807, 2.05) is 24.3 Å². The van der Waals surface area contributed by atoms with Gasteiger partial charge in [0.1, 0.15) is 5.75 Å². The lowest BCUT2D eigenvalue weighted by molar-refractivity contribution is 0.177. The molecule has 1 unspecified atom stereocenters. The molecule has 0 bridgehead atoms. The van der Waals surface area contributed by atoms with E-state index in [0.29, 0.717) is 23.4 Å². The van der Waals surface area contributed by atoms with Gasteiger partial charge in [0, 0.05) is 23.9 Å². The van der Waals surface area contributed by atoms with Crippen LogP contribution in [0.3, 0.4) is 0 Å². The largest absolute Gasteiger partial charge is 0.495 e. The van der Waals surface area contributed by atoms with Crippen molar-refractivity contribution in [2.75, 3.05) is 12.8 Å². The highest BCUT2D eigenvalue weighted by atomic mass is 16.5. The lowest BCUT2D eigenvalue weighted by Gasteiger charge is -2.15. The maximum Gasteiger partial charge on any atom is 0.142 e. The Balaban J connectivity index is 2.21. The molecule has 0 aliphatic rings. The van der Waals surface area contributed by atoms with E-state index in [2.05, 4.69) is 4.98 Å². The number of hydrogen-bond donors (Lipinski definition) is 2. The molecule has 3 N–H and O–H groups in total. The molecular formula is C14H16N2O2. The number of nitrogen functional groups attached to an aromatic ring is 1. The number of aliphatic hydroxyl groups excluding tert-OH is 1. The van der Waals surface area contributed by atoms with E-state index in [1.54, 1.807) is 25.4 Å². The maximum atomic E-state index is 10.2. The molecule has 0 aliphatic carbocycles. The Kier molecular flexibility index (Phi) is 3.79. The standard InChI is InChI=1S/C14H16N2O2/c1-18-13-7-4-6-11(14(13)15)12(17)9-10-5-2-3-8-16-10/h2-8,12,17H,9,15H2,1H3. The van der Waals surface area contributed by atoms with Crippen molar-refractivity contribution in [2.45, 2.75) is 12.5 Å². The van der Waals surface area contributed by atoms with Crippen LogP contribution in [0.1, 0.15) is 17.4 Å². The fraction of sp³-hybridized carbons (Fsp3) is 0.214. The summed E-state index contributed by atoms with van der Waals surface area (Å²) in [6.07, 6.45) is 1.45. The summed E-state index contributed by atoms with van der Waals surface area (Å²) in [6.45, 7) is 0. The summed E-state index contributed by atoms with van der Waals surface area (Å²) in [5.41, 5.74) is 7.91. The minimum Gasteiger partial charge on any atom is -0.495 e. The number of benzene rings is 1. The maximum absolute atomic E-state index is 10.2. The summed E-state index contributed by atoms with van der Waals surface area (Å²) in [5.74, 6) is 0.576. The van der Waals surface area contributed by atoms with Gasteiger partial charge in [0.2, 0.25) is 0 Å². The van der Waals surface area contributed by atoms with E-state index in [0.717, 1.165) is 5.69 Å². The van der Waals surface area contributed by atoms with E-state index in [4.69, 9.17) is 10.5 Å². The fourth-order valence-corrected chi connectivity index (χ4v) is 1.86. The fourth-order valence-electron chi connectivity index (χ4n) is 1.86. The average Bonchev–Trinajstić information content (AvgIpc) is 2.40. The summed E-state index contributed by atoms with van der Waals surface area (Å²) in [5, 5.41) is 10.2. The van der Waals surface area contributed by atoms with Crippen molar-refractivity contribution in [3.05, 3.63) is 53.9 Å². The van der Waals surface area contributed by atoms with Gasteiger partial charge in [-0.3, -0.25) is 4.98 Å². The SMILES string of the molecule is COc1cccc(C(O)Cc2ccccn2)c1N. The number of anilines is 1. The van der Waals surface area contributed by atoms with Crippen LogP contribution in [0.5, 0.6) is 5.75 Å². The predicted molar refractivity (Wildman–Crippen MR) is 70.3 cm³/mol. The Morgan fingerprint density at radius 2 is 2.11 bits per heavy atom. The molecule has 4 heteroatoms. The van der Waals surface area contributed by atoms with Gasteiger partial charge >= 0.3 is 0 Å². The Hall–Kier alpha value is -2.07. The molecule has 2 rings (SSSR count). The van der Waals surface area contributed by atoms with Crippen LogP contribution >= 0.6 is 0 Å². The van der Waals surface area contributed by atoms with E-state index >= 15 is 0 Å². The van der Waals surface area contributed by atoms with Crippen molar-refractivity contribution in [1.82, 2.24) is 4.98 Å². The number of nitrogens with zero attached hydrogens (tertiary/aromatic N) is 1. The molecule has 0 spiro atoms. The van der Waals surface area contributed by atoms with Gasteiger partial charge in [0.05, 0.1) is 18.9 Å². The molecule has 0 fully saturated rings. The van der Waals surface area contributed by atoms with Gasteiger partial charge in [0.25, 0.3) is 0 Å². The minimum atomic E-state index is -0.685. The Morgan fingerprint density at radius 3 is 2.78 bits per heavy atom. The van der Waals surface area contributed by atoms with Crippen molar-refractivity contribution >= 4 is 5.69 Å². The average molecular weight is 244 g/mol. The zero-order valence-electron chi connectivity index (χ0n) is 10.2.